The van der Waals surface area contributed by atoms with Gasteiger partial charge in [0.1, 0.15) is 0 Å². The first-order valence-corrected chi connectivity index (χ1v) is 2.63. The Kier molecular flexibility index (Phi) is 5.30. The van der Waals surface area contributed by atoms with Crippen LogP contribution in [0.5, 0.6) is 0 Å². The van der Waals surface area contributed by atoms with Gasteiger partial charge in [-0.3, -0.25) is 0 Å². The minimum absolute atomic E-state index is 0.900. The average Bonchev–Trinajstić information content (AvgIpc) is 1.81. The van der Waals surface area contributed by atoms with E-state index in [1.54, 1.807) is 0 Å². The van der Waals surface area contributed by atoms with Gasteiger partial charge in [-0.1, -0.05) is 12.8 Å². The quantitative estimate of drug-likeness (QED) is 0.301. The Balaban J connectivity index is 3.21. The van der Waals surface area contributed by atoms with Crippen LogP contribution in [0.4, 0.5) is 0 Å². The summed E-state index contributed by atoms with van der Waals surface area (Å²) in [7, 11) is 0. The summed E-state index contributed by atoms with van der Waals surface area (Å²) in [5.41, 5.74) is 4.92. The van der Waals surface area contributed by atoms with Gasteiger partial charge in [0.15, 0.2) is 0 Å². The second-order valence-corrected chi connectivity index (χ2v) is 1.32. The monoisotopic (exact) mass is 110 g/mol. The smallest absolute Gasteiger partial charge is 0.0962 e. The fourth-order valence-electron chi connectivity index (χ4n) is 0.264. The third-order valence-corrected chi connectivity index (χ3v) is 0.593. The fourth-order valence-corrected chi connectivity index (χ4v) is 0.264. The van der Waals surface area contributed by atoms with E-state index in [0.717, 1.165) is 12.8 Å². The zero-order valence-corrected chi connectivity index (χ0v) is 5.02. The standard InChI is InChI=1S/C6H10N2/c1-2-3-4-5-8-6-7/h6H,2-3H2,1H3,(H2,7,8). The Bertz CT molecular complexity index is 116. The molecule has 0 fully saturated rings. The van der Waals surface area contributed by atoms with Crippen LogP contribution in [0.3, 0.4) is 0 Å². The third kappa shape index (κ3) is 5.03. The molecule has 0 aromatic carbocycles. The molecule has 2 N–H and O–H groups in total. The van der Waals surface area contributed by atoms with Gasteiger partial charge in [-0.05, 0) is 6.42 Å². The maximum absolute atomic E-state index is 4.92. The summed E-state index contributed by atoms with van der Waals surface area (Å²) in [6.07, 6.45) is 3.17. The first-order valence-electron chi connectivity index (χ1n) is 2.63. The van der Waals surface area contributed by atoms with Crippen molar-refractivity contribution < 1.29 is 0 Å². The van der Waals surface area contributed by atoms with E-state index >= 15 is 0 Å². The third-order valence-electron chi connectivity index (χ3n) is 0.593. The maximum Gasteiger partial charge on any atom is 0.0962 e. The van der Waals surface area contributed by atoms with Gasteiger partial charge in [0.2, 0.25) is 0 Å². The molecule has 8 heavy (non-hydrogen) atoms. The number of nitrogens with zero attached hydrogens (tertiary/aromatic N) is 1. The molecule has 0 bridgehead atoms. The molecule has 0 rings (SSSR count). The van der Waals surface area contributed by atoms with Gasteiger partial charge in [0, 0.05) is 12.5 Å². The molecule has 2 nitrogen and oxygen atoms in total. The summed E-state index contributed by atoms with van der Waals surface area (Å²) < 4.78 is 0. The Morgan fingerprint density at radius 1 is 1.75 bits per heavy atom. The number of hydrogen-bond acceptors (Lipinski definition) is 1. The van der Waals surface area contributed by atoms with Crippen molar-refractivity contribution in [3.05, 3.63) is 0 Å². The van der Waals surface area contributed by atoms with Crippen molar-refractivity contribution in [2.45, 2.75) is 19.8 Å². The molecule has 44 valence electrons. The van der Waals surface area contributed by atoms with E-state index in [0.29, 0.717) is 0 Å². The maximum atomic E-state index is 4.92. The lowest BCUT2D eigenvalue weighted by molar-refractivity contribution is 0.982. The van der Waals surface area contributed by atoms with Crippen molar-refractivity contribution in [3.63, 3.8) is 0 Å². The molecular formula is C6H10N2. The highest BCUT2D eigenvalue weighted by Gasteiger charge is 1.65. The van der Waals surface area contributed by atoms with Gasteiger partial charge in [0.05, 0.1) is 6.34 Å². The van der Waals surface area contributed by atoms with E-state index in [2.05, 4.69) is 23.9 Å². The number of unbranched alkanes of at least 4 members (excludes halogenated alkanes) is 1. The molecule has 0 unspecified atom stereocenters. The lowest BCUT2D eigenvalue weighted by Gasteiger charge is -1.72. The molecule has 0 aliphatic carbocycles. The fraction of sp³-hybridized carbons (Fsp3) is 0.500. The number of aliphatic imine (C=N–C) groups is 1. The molecule has 0 aliphatic rings. The van der Waals surface area contributed by atoms with Gasteiger partial charge in [0.25, 0.3) is 0 Å². The van der Waals surface area contributed by atoms with E-state index in [1.807, 2.05) is 0 Å². The van der Waals surface area contributed by atoms with Gasteiger partial charge in [-0.15, -0.1) is 0 Å². The summed E-state index contributed by atoms with van der Waals surface area (Å²) in [5, 5.41) is 0. The minimum Gasteiger partial charge on any atom is -0.389 e. The van der Waals surface area contributed by atoms with Crippen LogP contribution in [0.15, 0.2) is 4.99 Å². The molecule has 2 heteroatoms. The SMILES string of the molecule is CCCC#C/N=C\N. The zero-order chi connectivity index (χ0) is 6.24. The van der Waals surface area contributed by atoms with Crippen molar-refractivity contribution in [1.29, 1.82) is 0 Å². The van der Waals surface area contributed by atoms with Crippen molar-refractivity contribution in [2.75, 3.05) is 0 Å². The van der Waals surface area contributed by atoms with E-state index in [1.165, 1.54) is 6.34 Å². The Hall–Kier alpha value is -0.970. The Morgan fingerprint density at radius 2 is 2.50 bits per heavy atom. The van der Waals surface area contributed by atoms with E-state index < -0.39 is 0 Å². The molecule has 0 radical (unpaired) electrons. The Labute approximate surface area is 49.8 Å². The number of nitrogens with two attached hydrogens (primary N) is 1. The topological polar surface area (TPSA) is 38.4 Å². The molecule has 0 aromatic rings. The van der Waals surface area contributed by atoms with Crippen LogP contribution in [0.25, 0.3) is 0 Å². The predicted octanol–water partition coefficient (Wildman–Crippen LogP) is 0.734. The average molecular weight is 110 g/mol. The molecule has 0 atom stereocenters. The predicted molar refractivity (Wildman–Crippen MR) is 35.4 cm³/mol. The highest BCUT2D eigenvalue weighted by atomic mass is 14.8. The van der Waals surface area contributed by atoms with Crippen molar-refractivity contribution in [1.82, 2.24) is 0 Å². The summed E-state index contributed by atoms with van der Waals surface area (Å²) in [6.45, 7) is 2.07. The highest BCUT2D eigenvalue weighted by Crippen LogP contribution is 1.79. The molecule has 0 saturated carbocycles. The van der Waals surface area contributed by atoms with Crippen LogP contribution in [-0.4, -0.2) is 6.34 Å². The molecular weight excluding hydrogens is 100 g/mol. The Morgan fingerprint density at radius 3 is 3.00 bits per heavy atom. The van der Waals surface area contributed by atoms with Crippen molar-refractivity contribution in [3.8, 4) is 12.0 Å². The van der Waals surface area contributed by atoms with Crippen LogP contribution < -0.4 is 5.73 Å². The molecule has 0 aromatic heterocycles. The summed E-state index contributed by atoms with van der Waals surface area (Å²) >= 11 is 0. The molecule has 0 spiro atoms. The first-order chi connectivity index (χ1) is 3.91. The van der Waals surface area contributed by atoms with Crippen molar-refractivity contribution in [2.24, 2.45) is 10.7 Å². The van der Waals surface area contributed by atoms with Crippen LogP contribution >= 0.6 is 0 Å². The van der Waals surface area contributed by atoms with E-state index in [-0.39, 0.29) is 0 Å². The minimum atomic E-state index is 0.900. The zero-order valence-electron chi connectivity index (χ0n) is 5.02. The second-order valence-electron chi connectivity index (χ2n) is 1.32. The lowest BCUT2D eigenvalue weighted by atomic mass is 10.4. The second kappa shape index (κ2) is 6.03. The number of hydrogen-bond donors (Lipinski definition) is 1. The lowest BCUT2D eigenvalue weighted by Crippen LogP contribution is -1.85. The van der Waals surface area contributed by atoms with E-state index in [4.69, 9.17) is 5.73 Å². The van der Waals surface area contributed by atoms with Gasteiger partial charge >= 0.3 is 0 Å². The normalized spacial score (nSPS) is 8.62. The van der Waals surface area contributed by atoms with Crippen LogP contribution in [-0.2, 0) is 0 Å². The van der Waals surface area contributed by atoms with Gasteiger partial charge < -0.3 is 5.73 Å². The molecule has 0 amide bonds. The summed E-state index contributed by atoms with van der Waals surface area (Å²) in [4.78, 5) is 3.50. The number of rotatable bonds is 1. The largest absolute Gasteiger partial charge is 0.389 e. The van der Waals surface area contributed by atoms with Gasteiger partial charge in [-0.25, -0.2) is 0 Å². The molecule has 0 heterocycles. The van der Waals surface area contributed by atoms with Crippen LogP contribution in [0.2, 0.25) is 0 Å². The first kappa shape index (κ1) is 7.03. The summed E-state index contributed by atoms with van der Waals surface area (Å²) in [5.74, 6) is 2.81. The highest BCUT2D eigenvalue weighted by molar-refractivity contribution is 5.53. The summed E-state index contributed by atoms with van der Waals surface area (Å²) in [6, 6.07) is 2.53. The molecule has 0 aliphatic heterocycles. The van der Waals surface area contributed by atoms with Crippen molar-refractivity contribution >= 4 is 6.34 Å². The van der Waals surface area contributed by atoms with Crippen LogP contribution in [0, 0.1) is 12.0 Å². The van der Waals surface area contributed by atoms with Gasteiger partial charge in [-0.2, -0.15) is 4.99 Å². The molecule has 0 saturated heterocycles. The van der Waals surface area contributed by atoms with Crippen LogP contribution in [0.1, 0.15) is 19.8 Å². The van der Waals surface area contributed by atoms with E-state index in [9.17, 15) is 0 Å².